The average molecular weight is 519 g/mol. The average Bonchev–Trinajstić information content (AvgIpc) is 3.45. The minimum Gasteiger partial charge on any atom is -0.369 e. The van der Waals surface area contributed by atoms with Crippen LogP contribution >= 0.6 is 0 Å². The maximum atomic E-state index is 12.9. The molecule has 0 saturated carbocycles. The highest BCUT2D eigenvalue weighted by molar-refractivity contribution is 5.94. The number of amides is 4. The number of rotatable bonds is 6. The number of urea groups is 1. The van der Waals surface area contributed by atoms with Crippen molar-refractivity contribution in [1.82, 2.24) is 25.4 Å². The van der Waals surface area contributed by atoms with Gasteiger partial charge in [0.25, 0.3) is 5.91 Å². The summed E-state index contributed by atoms with van der Waals surface area (Å²) < 4.78 is 0. The van der Waals surface area contributed by atoms with E-state index >= 15 is 0 Å². The van der Waals surface area contributed by atoms with Gasteiger partial charge in [-0.1, -0.05) is 37.3 Å². The van der Waals surface area contributed by atoms with Crippen LogP contribution in [0.5, 0.6) is 0 Å². The molecule has 0 radical (unpaired) electrons. The Morgan fingerprint density at radius 2 is 1.82 bits per heavy atom. The van der Waals surface area contributed by atoms with E-state index in [9.17, 15) is 14.4 Å². The van der Waals surface area contributed by atoms with E-state index in [1.807, 2.05) is 24.0 Å². The highest BCUT2D eigenvalue weighted by Crippen LogP contribution is 2.36. The Balaban J connectivity index is 1.13. The first kappa shape index (κ1) is 26.0. The Kier molecular flexibility index (Phi) is 7.03. The van der Waals surface area contributed by atoms with E-state index in [4.69, 9.17) is 0 Å². The molecule has 0 bridgehead atoms. The normalized spacial score (nSPS) is 22.6. The number of nitrogens with zero attached hydrogens (tertiary/aromatic N) is 4. The van der Waals surface area contributed by atoms with Crippen molar-refractivity contribution in [2.24, 2.45) is 0 Å². The minimum absolute atomic E-state index is 0.0757. The van der Waals surface area contributed by atoms with Crippen molar-refractivity contribution in [2.45, 2.75) is 51.0 Å². The van der Waals surface area contributed by atoms with Gasteiger partial charge in [-0.25, -0.2) is 9.78 Å². The molecule has 4 amide bonds. The second-order valence-corrected chi connectivity index (χ2v) is 11.4. The number of likely N-dealkylation sites (tertiary alicyclic amines) is 1. The number of aromatic nitrogens is 1. The molecule has 0 unspecified atom stereocenters. The molecular weight excluding hydrogens is 480 g/mol. The van der Waals surface area contributed by atoms with E-state index in [-0.39, 0.29) is 28.8 Å². The molecule has 2 N–H and O–H groups in total. The van der Waals surface area contributed by atoms with Gasteiger partial charge in [0.15, 0.2) is 0 Å². The van der Waals surface area contributed by atoms with Crippen molar-refractivity contribution in [3.05, 3.63) is 59.4 Å². The third-order valence-corrected chi connectivity index (χ3v) is 8.57. The van der Waals surface area contributed by atoms with E-state index < -0.39 is 0 Å². The summed E-state index contributed by atoms with van der Waals surface area (Å²) in [4.78, 5) is 47.5. The van der Waals surface area contributed by atoms with E-state index in [1.165, 1.54) is 5.56 Å². The summed E-state index contributed by atoms with van der Waals surface area (Å²) in [5.74, 6) is -0.152. The summed E-state index contributed by atoms with van der Waals surface area (Å²) in [6.07, 6.45) is 4.36. The van der Waals surface area contributed by atoms with Gasteiger partial charge in [0.2, 0.25) is 5.91 Å². The largest absolute Gasteiger partial charge is 0.369 e. The van der Waals surface area contributed by atoms with Gasteiger partial charge < -0.3 is 25.3 Å². The van der Waals surface area contributed by atoms with E-state index in [1.54, 1.807) is 18.0 Å². The molecule has 4 heterocycles. The quantitative estimate of drug-likeness (QED) is 0.613. The molecule has 2 aromatic rings. The Labute approximate surface area is 224 Å². The Morgan fingerprint density at radius 1 is 1.08 bits per heavy atom. The van der Waals surface area contributed by atoms with Crippen LogP contribution < -0.4 is 15.5 Å². The van der Waals surface area contributed by atoms with E-state index in [0.29, 0.717) is 38.4 Å². The third-order valence-electron chi connectivity index (χ3n) is 8.57. The Hall–Kier alpha value is -3.62. The van der Waals surface area contributed by atoms with Crippen LogP contribution in [0.4, 0.5) is 10.5 Å². The fourth-order valence-electron chi connectivity index (χ4n) is 6.11. The lowest BCUT2D eigenvalue weighted by Gasteiger charge is -2.38. The molecule has 9 heteroatoms. The second-order valence-electron chi connectivity index (χ2n) is 11.4. The van der Waals surface area contributed by atoms with Gasteiger partial charge in [-0.15, -0.1) is 0 Å². The number of aryl methyl sites for hydroxylation is 1. The number of piperidine rings is 1. The molecule has 3 fully saturated rings. The zero-order valence-electron chi connectivity index (χ0n) is 22.6. The maximum Gasteiger partial charge on any atom is 0.318 e. The summed E-state index contributed by atoms with van der Waals surface area (Å²) in [5, 5.41) is 6.06. The standard InChI is InChI=1S/C29H38N6O3/c1-21-17-24(34-13-9-28(3,19-34)23-7-5-4-6-8-23)18-31-25(21)26(37)30-12-16-35-20-29(32-27(35)38)10-14-33(15-11-29)22(2)36/h4-8,17-18H,9-16,19-20H2,1-3H3,(H,30,37)(H,32,38)/t28-/m0/s1. The molecule has 3 aliphatic heterocycles. The topological polar surface area (TPSA) is 97.9 Å². The summed E-state index contributed by atoms with van der Waals surface area (Å²) in [6, 6.07) is 12.6. The number of hydrogen-bond donors (Lipinski definition) is 2. The summed E-state index contributed by atoms with van der Waals surface area (Å²) in [7, 11) is 0. The van der Waals surface area contributed by atoms with Crippen molar-refractivity contribution < 1.29 is 14.4 Å². The van der Waals surface area contributed by atoms with Gasteiger partial charge >= 0.3 is 6.03 Å². The van der Waals surface area contributed by atoms with Gasteiger partial charge in [0, 0.05) is 58.2 Å². The first-order chi connectivity index (χ1) is 18.2. The molecule has 202 valence electrons. The highest BCUT2D eigenvalue weighted by Gasteiger charge is 2.44. The van der Waals surface area contributed by atoms with Gasteiger partial charge in [0.1, 0.15) is 5.69 Å². The van der Waals surface area contributed by atoms with Crippen LogP contribution in [0.3, 0.4) is 0 Å². The first-order valence-electron chi connectivity index (χ1n) is 13.6. The molecule has 1 aromatic carbocycles. The molecule has 0 aliphatic carbocycles. The second kappa shape index (κ2) is 10.3. The van der Waals surface area contributed by atoms with Crippen LogP contribution in [0.15, 0.2) is 42.6 Å². The number of anilines is 1. The maximum absolute atomic E-state index is 12.9. The van der Waals surface area contributed by atoms with Crippen molar-refractivity contribution >= 4 is 23.5 Å². The number of pyridine rings is 1. The molecule has 1 atom stereocenters. The van der Waals surface area contributed by atoms with Crippen LogP contribution in [-0.2, 0) is 10.2 Å². The number of carbonyl (C=O) groups excluding carboxylic acids is 3. The zero-order chi connectivity index (χ0) is 26.9. The summed E-state index contributed by atoms with van der Waals surface area (Å²) >= 11 is 0. The molecule has 3 aliphatic rings. The van der Waals surface area contributed by atoms with Gasteiger partial charge in [-0.2, -0.15) is 0 Å². The van der Waals surface area contributed by atoms with Crippen molar-refractivity contribution in [2.75, 3.05) is 50.7 Å². The molecule has 38 heavy (non-hydrogen) atoms. The number of hydrogen-bond acceptors (Lipinski definition) is 5. The van der Waals surface area contributed by atoms with Crippen LogP contribution in [0, 0.1) is 6.92 Å². The third kappa shape index (κ3) is 5.19. The number of nitrogens with one attached hydrogen (secondary N) is 2. The lowest BCUT2D eigenvalue weighted by Crippen LogP contribution is -2.53. The number of benzene rings is 1. The highest BCUT2D eigenvalue weighted by atomic mass is 16.2. The molecule has 1 spiro atoms. The molecular formula is C29H38N6O3. The van der Waals surface area contributed by atoms with Crippen LogP contribution in [0.2, 0.25) is 0 Å². The Bertz CT molecular complexity index is 1210. The van der Waals surface area contributed by atoms with Crippen LogP contribution in [0.1, 0.15) is 54.7 Å². The molecule has 1 aromatic heterocycles. The summed E-state index contributed by atoms with van der Waals surface area (Å²) in [5.41, 5.74) is 3.44. The molecule has 9 nitrogen and oxygen atoms in total. The predicted molar refractivity (Wildman–Crippen MR) is 146 cm³/mol. The van der Waals surface area contributed by atoms with Gasteiger partial charge in [-0.05, 0) is 43.4 Å². The first-order valence-corrected chi connectivity index (χ1v) is 13.6. The van der Waals surface area contributed by atoms with Crippen LogP contribution in [0.25, 0.3) is 0 Å². The Morgan fingerprint density at radius 3 is 2.50 bits per heavy atom. The smallest absolute Gasteiger partial charge is 0.318 e. The molecule has 5 rings (SSSR count). The fourth-order valence-corrected chi connectivity index (χ4v) is 6.11. The van der Waals surface area contributed by atoms with E-state index in [0.717, 1.165) is 43.6 Å². The van der Waals surface area contributed by atoms with Gasteiger partial charge in [0.05, 0.1) is 17.4 Å². The SMILES string of the molecule is CC(=O)N1CCC2(CC1)CN(CCNC(=O)c1ncc(N3CC[C@](C)(c4ccccc4)C3)cc1C)C(=O)N2. The summed E-state index contributed by atoms with van der Waals surface area (Å²) in [6.45, 7) is 10.4. The van der Waals surface area contributed by atoms with Crippen molar-refractivity contribution in [1.29, 1.82) is 0 Å². The minimum atomic E-state index is -0.285. The monoisotopic (exact) mass is 518 g/mol. The van der Waals surface area contributed by atoms with Crippen LogP contribution in [-0.4, -0.2) is 84.0 Å². The van der Waals surface area contributed by atoms with E-state index in [2.05, 4.69) is 51.7 Å². The van der Waals surface area contributed by atoms with Crippen molar-refractivity contribution in [3.63, 3.8) is 0 Å². The predicted octanol–water partition coefficient (Wildman–Crippen LogP) is 2.69. The number of carbonyl (C=O) groups is 3. The lowest BCUT2D eigenvalue weighted by atomic mass is 9.82. The zero-order valence-corrected chi connectivity index (χ0v) is 22.6. The van der Waals surface area contributed by atoms with Gasteiger partial charge in [-0.3, -0.25) is 9.59 Å². The molecule has 3 saturated heterocycles. The van der Waals surface area contributed by atoms with Crippen molar-refractivity contribution in [3.8, 4) is 0 Å². The lowest BCUT2D eigenvalue weighted by molar-refractivity contribution is -0.130. The fraction of sp³-hybridized carbons (Fsp3) is 0.517.